The zero-order chi connectivity index (χ0) is 5.40. The number of nitrogens with one attached hydrogen (secondary N) is 1. The summed E-state index contributed by atoms with van der Waals surface area (Å²) in [6.45, 7) is 3.90. The molecule has 2 heterocycles. The molecule has 0 aromatic carbocycles. The van der Waals surface area contributed by atoms with Crippen molar-refractivity contribution < 1.29 is 0 Å². The first-order valence-electron chi connectivity index (χ1n) is 3.44. The summed E-state index contributed by atoms with van der Waals surface area (Å²) < 4.78 is 0. The van der Waals surface area contributed by atoms with Gasteiger partial charge in [0.05, 0.1) is 6.17 Å². The van der Waals surface area contributed by atoms with Crippen molar-refractivity contribution in [1.29, 1.82) is 0 Å². The van der Waals surface area contributed by atoms with Gasteiger partial charge in [-0.15, -0.1) is 0 Å². The monoisotopic (exact) mass is 112 g/mol. The molecular formula is C6H12N2. The Morgan fingerprint density at radius 2 is 1.88 bits per heavy atom. The highest BCUT2D eigenvalue weighted by Gasteiger charge is 2.29. The molecule has 2 aliphatic heterocycles. The van der Waals surface area contributed by atoms with Crippen LogP contribution < -0.4 is 5.32 Å². The lowest BCUT2D eigenvalue weighted by Crippen LogP contribution is -2.24. The van der Waals surface area contributed by atoms with Crippen LogP contribution in [0.15, 0.2) is 0 Å². The average Bonchev–Trinajstić information content (AvgIpc) is 2.49. The van der Waals surface area contributed by atoms with E-state index >= 15 is 0 Å². The van der Waals surface area contributed by atoms with Crippen molar-refractivity contribution in [3.8, 4) is 0 Å². The SMILES string of the molecule is C1CCN(C2CN2)C1. The van der Waals surface area contributed by atoms with Gasteiger partial charge in [0.2, 0.25) is 0 Å². The molecule has 46 valence electrons. The van der Waals surface area contributed by atoms with Crippen LogP contribution in [0, 0.1) is 0 Å². The third kappa shape index (κ3) is 0.740. The van der Waals surface area contributed by atoms with E-state index < -0.39 is 0 Å². The van der Waals surface area contributed by atoms with Crippen molar-refractivity contribution in [3.63, 3.8) is 0 Å². The molecule has 0 amide bonds. The van der Waals surface area contributed by atoms with E-state index in [-0.39, 0.29) is 0 Å². The van der Waals surface area contributed by atoms with Crippen molar-refractivity contribution in [3.05, 3.63) is 0 Å². The molecule has 0 aromatic rings. The summed E-state index contributed by atoms with van der Waals surface area (Å²) >= 11 is 0. The molecule has 0 saturated carbocycles. The number of rotatable bonds is 1. The topological polar surface area (TPSA) is 25.2 Å². The Morgan fingerprint density at radius 3 is 2.38 bits per heavy atom. The summed E-state index contributed by atoms with van der Waals surface area (Å²) in [7, 11) is 0. The molecule has 2 nitrogen and oxygen atoms in total. The Balaban J connectivity index is 1.86. The minimum Gasteiger partial charge on any atom is -0.298 e. The van der Waals surface area contributed by atoms with E-state index in [0.717, 1.165) is 6.17 Å². The minimum absolute atomic E-state index is 0.775. The van der Waals surface area contributed by atoms with Crippen molar-refractivity contribution >= 4 is 0 Å². The van der Waals surface area contributed by atoms with Gasteiger partial charge in [0.25, 0.3) is 0 Å². The fourth-order valence-electron chi connectivity index (χ4n) is 1.36. The van der Waals surface area contributed by atoms with E-state index in [1.165, 1.54) is 32.5 Å². The van der Waals surface area contributed by atoms with Gasteiger partial charge in [-0.25, -0.2) is 0 Å². The van der Waals surface area contributed by atoms with Gasteiger partial charge in [0.1, 0.15) is 0 Å². The number of hydrogen-bond acceptors (Lipinski definition) is 2. The molecule has 1 N–H and O–H groups in total. The van der Waals surface area contributed by atoms with Crippen LogP contribution in [0.4, 0.5) is 0 Å². The largest absolute Gasteiger partial charge is 0.298 e. The lowest BCUT2D eigenvalue weighted by molar-refractivity contribution is 0.324. The first-order valence-corrected chi connectivity index (χ1v) is 3.44. The third-order valence-corrected chi connectivity index (χ3v) is 1.97. The zero-order valence-electron chi connectivity index (χ0n) is 5.06. The smallest absolute Gasteiger partial charge is 0.0727 e. The van der Waals surface area contributed by atoms with Crippen LogP contribution >= 0.6 is 0 Å². The Kier molecular flexibility index (Phi) is 1.02. The molecule has 2 heteroatoms. The van der Waals surface area contributed by atoms with Gasteiger partial charge >= 0.3 is 0 Å². The highest BCUT2D eigenvalue weighted by Crippen LogP contribution is 2.14. The third-order valence-electron chi connectivity index (χ3n) is 1.97. The Labute approximate surface area is 49.9 Å². The zero-order valence-corrected chi connectivity index (χ0v) is 5.06. The molecule has 2 fully saturated rings. The average molecular weight is 112 g/mol. The summed E-state index contributed by atoms with van der Waals surface area (Å²) in [6.07, 6.45) is 3.61. The molecule has 2 saturated heterocycles. The maximum Gasteiger partial charge on any atom is 0.0727 e. The highest BCUT2D eigenvalue weighted by atomic mass is 15.4. The van der Waals surface area contributed by atoms with Gasteiger partial charge in [-0.2, -0.15) is 0 Å². The van der Waals surface area contributed by atoms with Gasteiger partial charge in [0, 0.05) is 6.54 Å². The Bertz CT molecular complexity index is 82.5. The predicted molar refractivity (Wildman–Crippen MR) is 32.6 cm³/mol. The Hall–Kier alpha value is -0.0800. The van der Waals surface area contributed by atoms with E-state index in [2.05, 4.69) is 10.2 Å². The second-order valence-corrected chi connectivity index (χ2v) is 2.67. The van der Waals surface area contributed by atoms with Gasteiger partial charge in [0.15, 0.2) is 0 Å². The van der Waals surface area contributed by atoms with E-state index in [4.69, 9.17) is 0 Å². The van der Waals surface area contributed by atoms with Crippen LogP contribution in [0.5, 0.6) is 0 Å². The molecule has 0 radical (unpaired) electrons. The van der Waals surface area contributed by atoms with E-state index in [0.29, 0.717) is 0 Å². The van der Waals surface area contributed by atoms with Crippen LogP contribution in [0.1, 0.15) is 12.8 Å². The second-order valence-electron chi connectivity index (χ2n) is 2.67. The summed E-state index contributed by atoms with van der Waals surface area (Å²) in [5, 5.41) is 3.30. The van der Waals surface area contributed by atoms with Crippen molar-refractivity contribution in [2.45, 2.75) is 19.0 Å². The summed E-state index contributed by atoms with van der Waals surface area (Å²) in [4.78, 5) is 2.53. The minimum atomic E-state index is 0.775. The molecular weight excluding hydrogens is 100 g/mol. The van der Waals surface area contributed by atoms with Crippen LogP contribution in [-0.2, 0) is 0 Å². The second kappa shape index (κ2) is 1.71. The molecule has 0 aromatic heterocycles. The van der Waals surface area contributed by atoms with Crippen molar-refractivity contribution in [1.82, 2.24) is 10.2 Å². The highest BCUT2D eigenvalue weighted by molar-refractivity contribution is 4.85. The number of nitrogens with zero attached hydrogens (tertiary/aromatic N) is 1. The van der Waals surface area contributed by atoms with Crippen LogP contribution in [0.3, 0.4) is 0 Å². The maximum absolute atomic E-state index is 3.30. The summed E-state index contributed by atoms with van der Waals surface area (Å²) in [5.41, 5.74) is 0. The molecule has 1 atom stereocenters. The summed E-state index contributed by atoms with van der Waals surface area (Å²) in [5.74, 6) is 0. The Morgan fingerprint density at radius 1 is 1.25 bits per heavy atom. The lowest BCUT2D eigenvalue weighted by Gasteiger charge is -2.09. The van der Waals surface area contributed by atoms with Crippen molar-refractivity contribution in [2.24, 2.45) is 0 Å². The molecule has 2 aliphatic rings. The quantitative estimate of drug-likeness (QED) is 0.483. The lowest BCUT2D eigenvalue weighted by atomic mass is 10.4. The first kappa shape index (κ1) is 4.77. The fraction of sp³-hybridized carbons (Fsp3) is 1.00. The molecule has 8 heavy (non-hydrogen) atoms. The molecule has 0 bridgehead atoms. The van der Waals surface area contributed by atoms with Gasteiger partial charge in [-0.3, -0.25) is 10.2 Å². The van der Waals surface area contributed by atoms with Gasteiger partial charge in [-0.1, -0.05) is 0 Å². The first-order chi connectivity index (χ1) is 3.97. The molecule has 0 aliphatic carbocycles. The van der Waals surface area contributed by atoms with E-state index in [9.17, 15) is 0 Å². The number of hydrogen-bond donors (Lipinski definition) is 1. The van der Waals surface area contributed by atoms with Crippen LogP contribution in [0.2, 0.25) is 0 Å². The van der Waals surface area contributed by atoms with E-state index in [1.807, 2.05) is 0 Å². The molecule has 1 unspecified atom stereocenters. The van der Waals surface area contributed by atoms with Crippen LogP contribution in [0.25, 0.3) is 0 Å². The standard InChI is InChI=1S/C6H12N2/c1-2-4-8(3-1)6-5-7-6/h6-7H,1-5H2. The van der Waals surface area contributed by atoms with Gasteiger partial charge < -0.3 is 0 Å². The van der Waals surface area contributed by atoms with Crippen LogP contribution in [-0.4, -0.2) is 30.7 Å². The summed E-state index contributed by atoms with van der Waals surface area (Å²) in [6, 6.07) is 0. The molecule has 2 rings (SSSR count). The van der Waals surface area contributed by atoms with Gasteiger partial charge in [-0.05, 0) is 25.9 Å². The normalized spacial score (nSPS) is 38.2. The fourth-order valence-corrected chi connectivity index (χ4v) is 1.36. The molecule has 0 spiro atoms. The van der Waals surface area contributed by atoms with E-state index in [1.54, 1.807) is 0 Å². The van der Waals surface area contributed by atoms with Crippen molar-refractivity contribution in [2.75, 3.05) is 19.6 Å². The maximum atomic E-state index is 3.30. The predicted octanol–water partition coefficient (Wildman–Crippen LogP) is 0.0115. The number of likely N-dealkylation sites (tertiary alicyclic amines) is 1.